The number of hydrogen-bond acceptors (Lipinski definition) is 7. The maximum atomic E-state index is 13.8. The summed E-state index contributed by atoms with van der Waals surface area (Å²) in [5.74, 6) is 1.83. The standard InChI is InChI=1S/C35H46N6O4/c1-36-13-14-37-35(43)38-25-9-12-31-29(21-25)34(42)32(45-31)23-28-27-22-26(44-3)10-11-30(27)41(33(28)24-7-5-4-6-8-24)20-19-40-17-15-39(2)16-18-40/h9-12,21-24,36H,4-8,13-20H2,1-3H3,(H2,37,38,43). The van der Waals surface area contributed by atoms with Gasteiger partial charge in [0.25, 0.3) is 0 Å². The number of carbonyl (C=O) groups excluding carboxylic acids is 2. The maximum absolute atomic E-state index is 13.8. The number of benzene rings is 2. The minimum atomic E-state index is -0.317. The number of fused-ring (bicyclic) bond motifs is 2. The Balaban J connectivity index is 1.35. The van der Waals surface area contributed by atoms with Gasteiger partial charge in [0.2, 0.25) is 5.78 Å². The highest BCUT2D eigenvalue weighted by molar-refractivity contribution is 6.16. The summed E-state index contributed by atoms with van der Waals surface area (Å²) in [4.78, 5) is 31.1. The fourth-order valence-electron chi connectivity index (χ4n) is 6.90. The van der Waals surface area contributed by atoms with Crippen LogP contribution >= 0.6 is 0 Å². The lowest BCUT2D eigenvalue weighted by Crippen LogP contribution is -2.45. The molecule has 0 bridgehead atoms. The first-order valence-corrected chi connectivity index (χ1v) is 16.3. The summed E-state index contributed by atoms with van der Waals surface area (Å²) in [6.07, 6.45) is 7.92. The van der Waals surface area contributed by atoms with Crippen LogP contribution in [-0.2, 0) is 6.54 Å². The van der Waals surface area contributed by atoms with E-state index in [2.05, 4.69) is 49.5 Å². The SMILES string of the molecule is CNCCNC(=O)Nc1ccc2c(c1)C(=O)C(=Cc1c(C3CCCCC3)n(CCN3CCN(C)CC3)c3ccc(OC)cc13)O2. The summed E-state index contributed by atoms with van der Waals surface area (Å²) >= 11 is 0. The van der Waals surface area contributed by atoms with Crippen LogP contribution in [0.15, 0.2) is 42.2 Å². The Bertz CT molecular complexity index is 1570. The topological polar surface area (TPSA) is 100 Å². The zero-order chi connectivity index (χ0) is 31.3. The maximum Gasteiger partial charge on any atom is 0.319 e. The van der Waals surface area contributed by atoms with E-state index < -0.39 is 0 Å². The first-order chi connectivity index (χ1) is 21.9. The molecule has 0 unspecified atom stereocenters. The predicted octanol–water partition coefficient (Wildman–Crippen LogP) is 4.90. The van der Waals surface area contributed by atoms with E-state index in [1.807, 2.05) is 19.2 Å². The molecule has 0 spiro atoms. The summed E-state index contributed by atoms with van der Waals surface area (Å²) in [7, 11) is 5.72. The van der Waals surface area contributed by atoms with Crippen molar-refractivity contribution in [1.82, 2.24) is 25.0 Å². The number of urea groups is 1. The molecule has 6 rings (SSSR count). The summed E-state index contributed by atoms with van der Waals surface area (Å²) in [6, 6.07) is 11.2. The Morgan fingerprint density at radius 3 is 2.58 bits per heavy atom. The Kier molecular flexibility index (Phi) is 9.73. The zero-order valence-corrected chi connectivity index (χ0v) is 26.8. The molecule has 45 heavy (non-hydrogen) atoms. The molecule has 10 heteroatoms. The molecule has 2 amide bonds. The third-order valence-corrected chi connectivity index (χ3v) is 9.44. The van der Waals surface area contributed by atoms with E-state index in [-0.39, 0.29) is 11.8 Å². The monoisotopic (exact) mass is 614 g/mol. The molecular formula is C35H46N6O4. The number of amides is 2. The van der Waals surface area contributed by atoms with Crippen LogP contribution in [0.2, 0.25) is 0 Å². The largest absolute Gasteiger partial charge is 0.497 e. The van der Waals surface area contributed by atoms with Gasteiger partial charge in [-0.05, 0) is 75.3 Å². The van der Waals surface area contributed by atoms with Crippen LogP contribution in [0.25, 0.3) is 17.0 Å². The van der Waals surface area contributed by atoms with Crippen LogP contribution in [0.4, 0.5) is 10.5 Å². The predicted molar refractivity (Wildman–Crippen MR) is 179 cm³/mol. The molecule has 2 fully saturated rings. The van der Waals surface area contributed by atoms with Crippen molar-refractivity contribution in [2.45, 2.75) is 44.6 Å². The van der Waals surface area contributed by atoms with Crippen molar-refractivity contribution in [2.75, 3.05) is 72.3 Å². The Morgan fingerprint density at radius 1 is 1.02 bits per heavy atom. The van der Waals surface area contributed by atoms with Gasteiger partial charge in [-0.3, -0.25) is 9.69 Å². The molecular weight excluding hydrogens is 568 g/mol. The van der Waals surface area contributed by atoms with Gasteiger partial charge < -0.3 is 34.9 Å². The normalized spacial score (nSPS) is 18.7. The molecule has 1 saturated heterocycles. The van der Waals surface area contributed by atoms with Gasteiger partial charge in [-0.25, -0.2) is 4.79 Å². The van der Waals surface area contributed by atoms with E-state index in [1.165, 1.54) is 25.0 Å². The van der Waals surface area contributed by atoms with Crippen LogP contribution in [0.5, 0.6) is 11.5 Å². The number of Topliss-reactive ketones (excluding diaryl/α,β-unsaturated/α-hetero) is 1. The van der Waals surface area contributed by atoms with Gasteiger partial charge >= 0.3 is 6.03 Å². The number of nitrogens with zero attached hydrogens (tertiary/aromatic N) is 3. The number of piperazine rings is 1. The number of rotatable bonds is 10. The Morgan fingerprint density at radius 2 is 1.82 bits per heavy atom. The quantitative estimate of drug-likeness (QED) is 0.221. The number of anilines is 1. The van der Waals surface area contributed by atoms with Crippen molar-refractivity contribution < 1.29 is 19.1 Å². The summed E-state index contributed by atoms with van der Waals surface area (Å²) in [5.41, 5.74) is 4.50. The van der Waals surface area contributed by atoms with Crippen LogP contribution < -0.4 is 25.4 Å². The summed E-state index contributed by atoms with van der Waals surface area (Å²) in [5, 5.41) is 9.69. The van der Waals surface area contributed by atoms with Crippen molar-refractivity contribution in [1.29, 1.82) is 0 Å². The number of aromatic nitrogens is 1. The number of methoxy groups -OCH3 is 1. The highest BCUT2D eigenvalue weighted by Crippen LogP contribution is 2.42. The highest BCUT2D eigenvalue weighted by Gasteiger charge is 2.31. The zero-order valence-electron chi connectivity index (χ0n) is 26.8. The van der Waals surface area contributed by atoms with E-state index in [1.54, 1.807) is 25.3 Å². The van der Waals surface area contributed by atoms with Crippen LogP contribution in [0, 0.1) is 0 Å². The van der Waals surface area contributed by atoms with E-state index >= 15 is 0 Å². The first kappa shape index (κ1) is 31.1. The molecule has 3 N–H and O–H groups in total. The van der Waals surface area contributed by atoms with Crippen molar-refractivity contribution in [3.05, 3.63) is 59.0 Å². The fraction of sp³-hybridized carbons (Fsp3) is 0.486. The molecule has 240 valence electrons. The second kappa shape index (κ2) is 14.1. The average Bonchev–Trinajstić information content (AvgIpc) is 3.54. The van der Waals surface area contributed by atoms with E-state index in [4.69, 9.17) is 9.47 Å². The van der Waals surface area contributed by atoms with E-state index in [0.29, 0.717) is 41.8 Å². The van der Waals surface area contributed by atoms with Gasteiger partial charge in [0.1, 0.15) is 11.5 Å². The van der Waals surface area contributed by atoms with E-state index in [0.717, 1.165) is 74.3 Å². The summed E-state index contributed by atoms with van der Waals surface area (Å²) < 4.78 is 14.4. The number of nitrogens with one attached hydrogen (secondary N) is 3. The van der Waals surface area contributed by atoms with Gasteiger partial charge in [0, 0.05) is 80.2 Å². The first-order valence-electron chi connectivity index (χ1n) is 16.3. The second-order valence-corrected chi connectivity index (χ2v) is 12.4. The number of allylic oxidation sites excluding steroid dienone is 1. The lowest BCUT2D eigenvalue weighted by Gasteiger charge is -2.33. The Hall–Kier alpha value is -3.86. The number of carbonyl (C=O) groups is 2. The minimum absolute atomic E-state index is 0.180. The van der Waals surface area contributed by atoms with Gasteiger partial charge in [0.05, 0.1) is 12.7 Å². The van der Waals surface area contributed by atoms with Crippen molar-refractivity contribution in [3.8, 4) is 11.5 Å². The van der Waals surface area contributed by atoms with Gasteiger partial charge in [0.15, 0.2) is 5.76 Å². The molecule has 3 heterocycles. The van der Waals surface area contributed by atoms with Crippen LogP contribution in [-0.4, -0.2) is 93.2 Å². The fourth-order valence-corrected chi connectivity index (χ4v) is 6.90. The highest BCUT2D eigenvalue weighted by atomic mass is 16.5. The third kappa shape index (κ3) is 6.88. The molecule has 1 saturated carbocycles. The minimum Gasteiger partial charge on any atom is -0.497 e. The van der Waals surface area contributed by atoms with Gasteiger partial charge in [-0.2, -0.15) is 0 Å². The number of likely N-dealkylation sites (N-methyl/N-ethyl adjacent to an activating group) is 2. The molecule has 0 radical (unpaired) electrons. The average molecular weight is 615 g/mol. The molecule has 0 atom stereocenters. The second-order valence-electron chi connectivity index (χ2n) is 12.4. The van der Waals surface area contributed by atoms with Crippen molar-refractivity contribution in [3.63, 3.8) is 0 Å². The molecule has 3 aromatic rings. The van der Waals surface area contributed by atoms with Gasteiger partial charge in [-0.15, -0.1) is 0 Å². The van der Waals surface area contributed by atoms with Crippen LogP contribution in [0.3, 0.4) is 0 Å². The Labute approximate surface area is 265 Å². The smallest absolute Gasteiger partial charge is 0.319 e. The van der Waals surface area contributed by atoms with E-state index in [9.17, 15) is 9.59 Å². The molecule has 3 aliphatic rings. The lowest BCUT2D eigenvalue weighted by atomic mass is 9.85. The molecule has 2 aromatic carbocycles. The van der Waals surface area contributed by atoms with Crippen molar-refractivity contribution in [2.24, 2.45) is 0 Å². The third-order valence-electron chi connectivity index (χ3n) is 9.44. The molecule has 10 nitrogen and oxygen atoms in total. The number of ketones is 1. The summed E-state index contributed by atoms with van der Waals surface area (Å²) in [6.45, 7) is 7.38. The molecule has 1 aromatic heterocycles. The number of hydrogen-bond donors (Lipinski definition) is 3. The molecule has 2 aliphatic heterocycles. The van der Waals surface area contributed by atoms with Gasteiger partial charge in [-0.1, -0.05) is 19.3 Å². The molecule has 1 aliphatic carbocycles. The lowest BCUT2D eigenvalue weighted by molar-refractivity contribution is 0.101. The van der Waals surface area contributed by atoms with Crippen LogP contribution in [0.1, 0.15) is 59.6 Å². The van der Waals surface area contributed by atoms with Crippen molar-refractivity contribution >= 4 is 34.5 Å². The number of ether oxygens (including phenoxy) is 2.